The lowest BCUT2D eigenvalue weighted by Crippen LogP contribution is -2.35. The second kappa shape index (κ2) is 5.21. The molecule has 1 aromatic heterocycles. The summed E-state index contributed by atoms with van der Waals surface area (Å²) in [5.74, 6) is -0.525. The van der Waals surface area contributed by atoms with Gasteiger partial charge in [-0.05, 0) is 26.0 Å². The number of hydrogen-bond donors (Lipinski definition) is 4. The van der Waals surface area contributed by atoms with E-state index in [1.54, 1.807) is 11.6 Å². The molecular weight excluding hydrogens is 299 g/mol. The predicted molar refractivity (Wildman–Crippen MR) is 84.4 cm³/mol. The first kappa shape index (κ1) is 14.5. The third kappa shape index (κ3) is 2.27. The van der Waals surface area contributed by atoms with E-state index in [0.29, 0.717) is 17.1 Å². The smallest absolute Gasteiger partial charge is 0.326 e. The van der Waals surface area contributed by atoms with Crippen molar-refractivity contribution in [1.82, 2.24) is 20.2 Å². The Morgan fingerprint density at radius 2 is 2.30 bits per heavy atom. The Hall–Kier alpha value is -2.12. The van der Waals surface area contributed by atoms with Crippen molar-refractivity contribution in [1.29, 1.82) is 0 Å². The molecule has 2 bridgehead atoms. The molecule has 0 radical (unpaired) electrons. The van der Waals surface area contributed by atoms with Gasteiger partial charge in [-0.3, -0.25) is 9.88 Å². The number of rotatable bonds is 3. The van der Waals surface area contributed by atoms with E-state index < -0.39 is 12.0 Å². The normalized spacial score (nSPS) is 24.6. The first-order chi connectivity index (χ1) is 11.1. The molecule has 4 rings (SSSR count). The maximum absolute atomic E-state index is 14.3. The van der Waals surface area contributed by atoms with E-state index in [1.807, 2.05) is 0 Å². The molecule has 0 saturated carbocycles. The monoisotopic (exact) mass is 318 g/mol. The minimum Gasteiger partial charge on any atom is -0.385 e. The van der Waals surface area contributed by atoms with Crippen molar-refractivity contribution in [2.45, 2.75) is 37.6 Å². The number of aromatic amines is 1. The van der Waals surface area contributed by atoms with Gasteiger partial charge in [0.15, 0.2) is 0 Å². The van der Waals surface area contributed by atoms with Crippen molar-refractivity contribution in [2.75, 3.05) is 7.05 Å². The Kier molecular flexibility index (Phi) is 3.28. The molecule has 2 aliphatic heterocycles. The molecule has 3 atom stereocenters. The highest BCUT2D eigenvalue weighted by Crippen LogP contribution is 2.34. The summed E-state index contributed by atoms with van der Waals surface area (Å²) >= 11 is 0. The number of piperidine rings is 1. The van der Waals surface area contributed by atoms with Crippen molar-refractivity contribution in [2.24, 2.45) is 0 Å². The van der Waals surface area contributed by atoms with Crippen LogP contribution in [0.25, 0.3) is 11.0 Å². The standard InChI is InChI=1S/C16H19FN4O2/c1-18-15(22)11-6-13-14(7-12(11)17)21(16(23)20-13)10-4-8-2-3-9(5-10)19-8/h2,6-7,9-10,15,18-19,22H,3-5H2,1H3,(H,20,23). The van der Waals surface area contributed by atoms with E-state index in [1.165, 1.54) is 12.1 Å². The molecule has 23 heavy (non-hydrogen) atoms. The second-order valence-electron chi connectivity index (χ2n) is 6.28. The third-order valence-electron chi connectivity index (χ3n) is 4.82. The largest absolute Gasteiger partial charge is 0.385 e. The highest BCUT2D eigenvalue weighted by atomic mass is 19.1. The minimum atomic E-state index is -1.11. The lowest BCUT2D eigenvalue weighted by molar-refractivity contribution is 0.145. The number of aliphatic hydroxyl groups is 1. The summed E-state index contributed by atoms with van der Waals surface area (Å²) in [6.45, 7) is 0. The summed E-state index contributed by atoms with van der Waals surface area (Å²) in [7, 11) is 1.54. The zero-order chi connectivity index (χ0) is 16.1. The molecule has 4 N–H and O–H groups in total. The fourth-order valence-corrected chi connectivity index (χ4v) is 3.72. The number of hydrogen-bond acceptors (Lipinski definition) is 4. The van der Waals surface area contributed by atoms with Crippen molar-refractivity contribution in [3.63, 3.8) is 0 Å². The van der Waals surface area contributed by atoms with Gasteiger partial charge in [0, 0.05) is 35.8 Å². The highest BCUT2D eigenvalue weighted by Gasteiger charge is 2.31. The molecule has 6 nitrogen and oxygen atoms in total. The number of allylic oxidation sites excluding steroid dienone is 1. The van der Waals surface area contributed by atoms with Crippen LogP contribution in [-0.2, 0) is 0 Å². The molecular formula is C16H19FN4O2. The Morgan fingerprint density at radius 1 is 1.48 bits per heavy atom. The van der Waals surface area contributed by atoms with E-state index in [2.05, 4.69) is 21.7 Å². The van der Waals surface area contributed by atoms with Gasteiger partial charge in [0.2, 0.25) is 0 Å². The van der Waals surface area contributed by atoms with Crippen LogP contribution < -0.4 is 16.3 Å². The van der Waals surface area contributed by atoms with Gasteiger partial charge in [-0.2, -0.15) is 0 Å². The van der Waals surface area contributed by atoms with E-state index in [-0.39, 0.29) is 17.3 Å². The van der Waals surface area contributed by atoms with E-state index >= 15 is 0 Å². The van der Waals surface area contributed by atoms with Gasteiger partial charge in [-0.1, -0.05) is 6.08 Å². The first-order valence-electron chi connectivity index (χ1n) is 7.81. The van der Waals surface area contributed by atoms with Gasteiger partial charge in [0.25, 0.3) is 0 Å². The number of imidazole rings is 1. The molecule has 0 aliphatic carbocycles. The topological polar surface area (TPSA) is 82.1 Å². The lowest BCUT2D eigenvalue weighted by Gasteiger charge is -2.28. The Balaban J connectivity index is 1.81. The fourth-order valence-electron chi connectivity index (χ4n) is 3.72. The summed E-state index contributed by atoms with van der Waals surface area (Å²) in [5, 5.41) is 15.8. The first-order valence-corrected chi connectivity index (χ1v) is 7.81. The number of aliphatic hydroxyl groups excluding tert-OH is 1. The summed E-state index contributed by atoms with van der Waals surface area (Å²) in [5.41, 5.74) is 2.14. The zero-order valence-electron chi connectivity index (χ0n) is 12.8. The zero-order valence-corrected chi connectivity index (χ0v) is 12.8. The fraction of sp³-hybridized carbons (Fsp3) is 0.438. The van der Waals surface area contributed by atoms with Crippen LogP contribution >= 0.6 is 0 Å². The SMILES string of the molecule is CNC(O)c1cc2[nH]c(=O)n(C3CC4=CCC(C3)N4)c2cc1F. The van der Waals surface area contributed by atoms with Gasteiger partial charge in [-0.15, -0.1) is 0 Å². The van der Waals surface area contributed by atoms with Crippen LogP contribution in [0, 0.1) is 5.82 Å². The summed E-state index contributed by atoms with van der Waals surface area (Å²) < 4.78 is 16.0. The molecule has 1 fully saturated rings. The number of nitrogens with zero attached hydrogens (tertiary/aromatic N) is 1. The van der Waals surface area contributed by atoms with Crippen LogP contribution in [0.2, 0.25) is 0 Å². The van der Waals surface area contributed by atoms with E-state index in [0.717, 1.165) is 25.0 Å². The Bertz CT molecular complexity index is 854. The quantitative estimate of drug-likeness (QED) is 0.642. The predicted octanol–water partition coefficient (Wildman–Crippen LogP) is 1.26. The van der Waals surface area contributed by atoms with Crippen LogP contribution in [0.15, 0.2) is 28.7 Å². The average Bonchev–Trinajstić information content (AvgIpc) is 3.03. The number of halogens is 1. The van der Waals surface area contributed by atoms with Gasteiger partial charge in [0.1, 0.15) is 12.0 Å². The second-order valence-corrected chi connectivity index (χ2v) is 6.28. The number of H-pyrrole nitrogens is 1. The van der Waals surface area contributed by atoms with Crippen LogP contribution in [0.4, 0.5) is 4.39 Å². The van der Waals surface area contributed by atoms with Crippen LogP contribution in [0.3, 0.4) is 0 Å². The molecule has 2 aliphatic rings. The Labute approximate surface area is 132 Å². The molecule has 2 aromatic rings. The highest BCUT2D eigenvalue weighted by molar-refractivity contribution is 5.76. The molecule has 122 valence electrons. The molecule has 0 amide bonds. The molecule has 7 heteroatoms. The summed E-state index contributed by atoms with van der Waals surface area (Å²) in [6, 6.07) is 3.21. The summed E-state index contributed by atoms with van der Waals surface area (Å²) in [4.78, 5) is 15.2. The van der Waals surface area contributed by atoms with Gasteiger partial charge in [-0.25, -0.2) is 9.18 Å². The van der Waals surface area contributed by atoms with Crippen molar-refractivity contribution < 1.29 is 9.50 Å². The maximum atomic E-state index is 14.3. The Morgan fingerprint density at radius 3 is 3.04 bits per heavy atom. The molecule has 3 heterocycles. The van der Waals surface area contributed by atoms with Gasteiger partial charge < -0.3 is 15.4 Å². The van der Waals surface area contributed by atoms with Crippen LogP contribution in [0.5, 0.6) is 0 Å². The van der Waals surface area contributed by atoms with Gasteiger partial charge >= 0.3 is 5.69 Å². The number of nitrogens with one attached hydrogen (secondary N) is 3. The molecule has 3 unspecified atom stereocenters. The molecule has 0 spiro atoms. The van der Waals surface area contributed by atoms with Crippen molar-refractivity contribution >= 4 is 11.0 Å². The van der Waals surface area contributed by atoms with Crippen molar-refractivity contribution in [3.8, 4) is 0 Å². The average molecular weight is 318 g/mol. The van der Waals surface area contributed by atoms with Crippen molar-refractivity contribution in [3.05, 3.63) is 45.8 Å². The summed E-state index contributed by atoms with van der Waals surface area (Å²) in [6.07, 6.45) is 3.65. The van der Waals surface area contributed by atoms with E-state index in [4.69, 9.17) is 0 Å². The minimum absolute atomic E-state index is 0.0238. The number of fused-ring (bicyclic) bond motifs is 3. The number of benzene rings is 1. The van der Waals surface area contributed by atoms with Gasteiger partial charge in [0.05, 0.1) is 11.0 Å². The molecule has 1 saturated heterocycles. The van der Waals surface area contributed by atoms with Crippen LogP contribution in [0.1, 0.15) is 37.1 Å². The van der Waals surface area contributed by atoms with E-state index in [9.17, 15) is 14.3 Å². The lowest BCUT2D eigenvalue weighted by atomic mass is 10.00. The molecule has 1 aromatic carbocycles. The van der Waals surface area contributed by atoms with Crippen LogP contribution in [-0.4, -0.2) is 27.7 Å². The number of aromatic nitrogens is 2. The maximum Gasteiger partial charge on any atom is 0.326 e. The third-order valence-corrected chi connectivity index (χ3v) is 4.82.